The molecule has 5 rings (SSSR count). The zero-order valence-electron chi connectivity index (χ0n) is 17.9. The van der Waals surface area contributed by atoms with Gasteiger partial charge in [0.15, 0.2) is 0 Å². The van der Waals surface area contributed by atoms with E-state index in [-0.39, 0.29) is 12.6 Å². The summed E-state index contributed by atoms with van der Waals surface area (Å²) in [4.78, 5) is 30.1. The number of carbonyl (C=O) groups is 2. The average Bonchev–Trinajstić information content (AvgIpc) is 3.64. The lowest BCUT2D eigenvalue weighted by atomic mass is 10.1. The van der Waals surface area contributed by atoms with Gasteiger partial charge in [0.05, 0.1) is 12.2 Å². The zero-order valence-corrected chi connectivity index (χ0v) is 17.9. The molecule has 2 aliphatic rings. The third-order valence-electron chi connectivity index (χ3n) is 5.97. The second-order valence-corrected chi connectivity index (χ2v) is 8.24. The van der Waals surface area contributed by atoms with E-state index in [0.717, 1.165) is 16.8 Å². The van der Waals surface area contributed by atoms with Gasteiger partial charge in [0, 0.05) is 23.5 Å². The molecular weight excluding hydrogens is 422 g/mol. The number of nitrogens with one attached hydrogen (secondary N) is 1. The van der Waals surface area contributed by atoms with Crippen LogP contribution in [0.25, 0.3) is 11.1 Å². The fraction of sp³-hybridized carbons (Fsp3) is 0.240. The number of hydrogen-bond acceptors (Lipinski definition) is 5. The molecule has 2 heterocycles. The summed E-state index contributed by atoms with van der Waals surface area (Å²) in [5, 5.41) is 12.2. The summed E-state index contributed by atoms with van der Waals surface area (Å²) in [7, 11) is 0. The van der Waals surface area contributed by atoms with E-state index in [1.165, 1.54) is 0 Å². The lowest BCUT2D eigenvalue weighted by Crippen LogP contribution is -2.40. The van der Waals surface area contributed by atoms with Gasteiger partial charge in [-0.05, 0) is 48.7 Å². The molecule has 8 heteroatoms. The molecule has 33 heavy (non-hydrogen) atoms. The maximum atomic E-state index is 12.8. The predicted octanol–water partition coefficient (Wildman–Crippen LogP) is 4.42. The Morgan fingerprint density at radius 2 is 1.88 bits per heavy atom. The molecule has 1 aliphatic heterocycles. The van der Waals surface area contributed by atoms with E-state index in [1.807, 2.05) is 54.6 Å². The number of hydrogen-bond donors (Lipinski definition) is 2. The van der Waals surface area contributed by atoms with Gasteiger partial charge in [0.2, 0.25) is 5.88 Å². The van der Waals surface area contributed by atoms with Crippen molar-refractivity contribution in [3.05, 3.63) is 66.9 Å². The smallest absolute Gasteiger partial charge is 0.326 e. The van der Waals surface area contributed by atoms with Crippen molar-refractivity contribution in [2.75, 3.05) is 30.0 Å². The van der Waals surface area contributed by atoms with Gasteiger partial charge in [-0.15, -0.1) is 0 Å². The number of nitrogens with zero attached hydrogens (tertiary/aromatic N) is 2. The fourth-order valence-electron chi connectivity index (χ4n) is 3.74. The highest BCUT2D eigenvalue weighted by molar-refractivity contribution is 6.03. The molecule has 2 amide bonds. The van der Waals surface area contributed by atoms with Crippen molar-refractivity contribution in [2.45, 2.75) is 12.8 Å². The van der Waals surface area contributed by atoms with Crippen LogP contribution in [-0.2, 0) is 4.79 Å². The molecule has 1 fully saturated rings. The zero-order chi connectivity index (χ0) is 22.8. The highest BCUT2D eigenvalue weighted by atomic mass is 16.5. The van der Waals surface area contributed by atoms with Crippen molar-refractivity contribution in [3.63, 3.8) is 0 Å². The third kappa shape index (κ3) is 4.32. The summed E-state index contributed by atoms with van der Waals surface area (Å²) in [6.07, 6.45) is 2.95. The van der Waals surface area contributed by atoms with Gasteiger partial charge in [-0.2, -0.15) is 0 Å². The molecule has 3 aromatic rings. The van der Waals surface area contributed by atoms with Crippen LogP contribution in [-0.4, -0.2) is 41.8 Å². The normalized spacial score (nSPS) is 15.7. The number of aromatic nitrogens is 1. The first-order valence-corrected chi connectivity index (χ1v) is 10.8. The summed E-state index contributed by atoms with van der Waals surface area (Å²) >= 11 is 0. The molecule has 0 saturated heterocycles. The van der Waals surface area contributed by atoms with E-state index in [9.17, 15) is 14.7 Å². The number of anilines is 2. The summed E-state index contributed by atoms with van der Waals surface area (Å²) in [6.45, 7) is 0.980. The molecular formula is C25H23N3O5. The maximum absolute atomic E-state index is 12.8. The van der Waals surface area contributed by atoms with E-state index in [4.69, 9.17) is 9.47 Å². The number of para-hydroxylation sites is 1. The Morgan fingerprint density at radius 3 is 2.58 bits per heavy atom. The second kappa shape index (κ2) is 8.46. The van der Waals surface area contributed by atoms with Crippen molar-refractivity contribution in [2.24, 2.45) is 5.41 Å². The Morgan fingerprint density at radius 1 is 1.09 bits per heavy atom. The maximum Gasteiger partial charge on any atom is 0.326 e. The van der Waals surface area contributed by atoms with Crippen LogP contribution in [0.15, 0.2) is 66.9 Å². The molecule has 2 N–H and O–H groups in total. The summed E-state index contributed by atoms with van der Waals surface area (Å²) in [5.41, 5.74) is 2.43. The van der Waals surface area contributed by atoms with Gasteiger partial charge in [0.25, 0.3) is 0 Å². The summed E-state index contributed by atoms with van der Waals surface area (Å²) in [5.74, 6) is 0.198. The number of carbonyl (C=O) groups excluding carboxylic acids is 1. The van der Waals surface area contributed by atoms with Gasteiger partial charge in [0.1, 0.15) is 24.4 Å². The standard InChI is InChI=1S/C25H23N3O5/c29-23(30)25(10-11-25)16-33-22-9-7-18(15-26-22)17-6-8-20-21(14-17)32-13-12-28(20)24(31)27-19-4-2-1-3-5-19/h1-9,14-15H,10-13,16H2,(H,27,31)(H,29,30). The molecule has 1 aliphatic carbocycles. The number of aliphatic carboxylic acids is 1. The molecule has 1 aromatic heterocycles. The molecule has 1 saturated carbocycles. The summed E-state index contributed by atoms with van der Waals surface area (Å²) < 4.78 is 11.4. The Hall–Kier alpha value is -4.07. The van der Waals surface area contributed by atoms with Crippen LogP contribution in [0.3, 0.4) is 0 Å². The van der Waals surface area contributed by atoms with Gasteiger partial charge < -0.3 is 19.9 Å². The molecule has 168 valence electrons. The number of pyridine rings is 1. The fourth-order valence-corrected chi connectivity index (χ4v) is 3.74. The second-order valence-electron chi connectivity index (χ2n) is 8.24. The number of carboxylic acids is 1. The van der Waals surface area contributed by atoms with Crippen LogP contribution < -0.4 is 19.7 Å². The molecule has 0 atom stereocenters. The van der Waals surface area contributed by atoms with E-state index in [0.29, 0.717) is 43.3 Å². The van der Waals surface area contributed by atoms with Crippen molar-refractivity contribution in [1.29, 1.82) is 0 Å². The SMILES string of the molecule is O=C(Nc1ccccc1)N1CCOc2cc(-c3ccc(OCC4(C(=O)O)CC4)nc3)ccc21. The van der Waals surface area contributed by atoms with Crippen LogP contribution in [0, 0.1) is 5.41 Å². The lowest BCUT2D eigenvalue weighted by Gasteiger charge is -2.30. The van der Waals surface area contributed by atoms with Gasteiger partial charge >= 0.3 is 12.0 Å². The van der Waals surface area contributed by atoms with Gasteiger partial charge in [-0.25, -0.2) is 9.78 Å². The molecule has 8 nitrogen and oxygen atoms in total. The lowest BCUT2D eigenvalue weighted by molar-refractivity contribution is -0.144. The van der Waals surface area contributed by atoms with Gasteiger partial charge in [-0.1, -0.05) is 24.3 Å². The monoisotopic (exact) mass is 445 g/mol. The van der Waals surface area contributed by atoms with Crippen LogP contribution in [0.4, 0.5) is 16.2 Å². The van der Waals surface area contributed by atoms with Crippen molar-refractivity contribution in [1.82, 2.24) is 4.98 Å². The molecule has 0 bridgehead atoms. The van der Waals surface area contributed by atoms with Crippen molar-refractivity contribution >= 4 is 23.4 Å². The minimum absolute atomic E-state index is 0.127. The average molecular weight is 445 g/mol. The molecule has 0 unspecified atom stereocenters. The van der Waals surface area contributed by atoms with Gasteiger partial charge in [-0.3, -0.25) is 9.69 Å². The first-order valence-electron chi connectivity index (χ1n) is 10.8. The highest BCUT2D eigenvalue weighted by Gasteiger charge is 2.51. The first-order chi connectivity index (χ1) is 16.0. The Bertz CT molecular complexity index is 1180. The Kier molecular flexibility index (Phi) is 5.34. The number of rotatable bonds is 6. The largest absolute Gasteiger partial charge is 0.490 e. The van der Waals surface area contributed by atoms with Crippen LogP contribution >= 0.6 is 0 Å². The predicted molar refractivity (Wildman–Crippen MR) is 123 cm³/mol. The number of carboxylic acid groups (broad SMARTS) is 1. The number of benzene rings is 2. The highest BCUT2D eigenvalue weighted by Crippen LogP contribution is 2.46. The van der Waals surface area contributed by atoms with Crippen molar-refractivity contribution < 1.29 is 24.2 Å². The van der Waals surface area contributed by atoms with E-state index in [1.54, 1.807) is 17.2 Å². The minimum Gasteiger partial charge on any atom is -0.490 e. The van der Waals surface area contributed by atoms with E-state index >= 15 is 0 Å². The number of fused-ring (bicyclic) bond motifs is 1. The number of urea groups is 1. The number of amides is 2. The Balaban J connectivity index is 1.29. The van der Waals surface area contributed by atoms with Crippen LogP contribution in [0.5, 0.6) is 11.6 Å². The quantitative estimate of drug-likeness (QED) is 0.582. The Labute approximate surface area is 190 Å². The first kappa shape index (κ1) is 20.8. The van der Waals surface area contributed by atoms with Crippen molar-refractivity contribution in [3.8, 4) is 22.8 Å². The summed E-state index contributed by atoms with van der Waals surface area (Å²) in [6, 6.07) is 18.4. The van der Waals surface area contributed by atoms with E-state index < -0.39 is 11.4 Å². The van der Waals surface area contributed by atoms with Crippen LogP contribution in [0.1, 0.15) is 12.8 Å². The minimum atomic E-state index is -0.820. The molecule has 0 spiro atoms. The molecule has 0 radical (unpaired) electrons. The number of ether oxygens (including phenoxy) is 2. The topological polar surface area (TPSA) is 101 Å². The molecule has 2 aromatic carbocycles. The van der Waals surface area contributed by atoms with Crippen LogP contribution in [0.2, 0.25) is 0 Å². The third-order valence-corrected chi connectivity index (χ3v) is 5.97. The van der Waals surface area contributed by atoms with E-state index in [2.05, 4.69) is 10.3 Å².